The molecule has 1 N–H and O–H groups in total. The van der Waals surface area contributed by atoms with Crippen molar-refractivity contribution in [2.45, 2.75) is 25.7 Å². The molecule has 0 aliphatic carbocycles. The Balaban J connectivity index is 1.55. The van der Waals surface area contributed by atoms with Gasteiger partial charge in [-0.15, -0.1) is 0 Å². The van der Waals surface area contributed by atoms with E-state index in [9.17, 15) is 17.6 Å². The zero-order valence-electron chi connectivity index (χ0n) is 15.8. The molecule has 29 heavy (non-hydrogen) atoms. The highest BCUT2D eigenvalue weighted by Gasteiger charge is 2.29. The SMILES string of the molecule is COc1cc(CNCCc2cc(F)cc3c2OCOC3)ccc1OCC(F)(F)F. The highest BCUT2D eigenvalue weighted by molar-refractivity contribution is 5.44. The van der Waals surface area contributed by atoms with Crippen molar-refractivity contribution < 1.29 is 36.5 Å². The van der Waals surface area contributed by atoms with E-state index < -0.39 is 12.8 Å². The molecule has 0 saturated heterocycles. The molecule has 0 fully saturated rings. The highest BCUT2D eigenvalue weighted by atomic mass is 19.4. The lowest BCUT2D eigenvalue weighted by Crippen LogP contribution is -2.20. The molecule has 5 nitrogen and oxygen atoms in total. The first kappa shape index (κ1) is 21.2. The Hall–Kier alpha value is -2.52. The molecule has 0 saturated carbocycles. The number of alkyl halides is 3. The molecule has 1 heterocycles. The number of hydrogen-bond donors (Lipinski definition) is 1. The van der Waals surface area contributed by atoms with E-state index in [4.69, 9.17) is 18.9 Å². The number of nitrogens with one attached hydrogen (secondary N) is 1. The molecule has 1 aliphatic rings. The van der Waals surface area contributed by atoms with Crippen LogP contribution in [0.3, 0.4) is 0 Å². The van der Waals surface area contributed by atoms with Gasteiger partial charge in [0.05, 0.1) is 13.7 Å². The maximum Gasteiger partial charge on any atom is 0.422 e. The minimum Gasteiger partial charge on any atom is -0.493 e. The van der Waals surface area contributed by atoms with Crippen LogP contribution in [0.15, 0.2) is 30.3 Å². The van der Waals surface area contributed by atoms with Crippen LogP contribution >= 0.6 is 0 Å². The van der Waals surface area contributed by atoms with Gasteiger partial charge in [-0.2, -0.15) is 13.2 Å². The van der Waals surface area contributed by atoms with Crippen molar-refractivity contribution >= 4 is 0 Å². The van der Waals surface area contributed by atoms with Crippen LogP contribution < -0.4 is 19.5 Å². The van der Waals surface area contributed by atoms with Crippen molar-refractivity contribution in [2.75, 3.05) is 27.1 Å². The van der Waals surface area contributed by atoms with Crippen LogP contribution in [0, 0.1) is 5.82 Å². The monoisotopic (exact) mass is 415 g/mol. The minimum absolute atomic E-state index is 0.0272. The fraction of sp³-hybridized carbons (Fsp3) is 0.400. The average Bonchev–Trinajstić information content (AvgIpc) is 2.69. The van der Waals surface area contributed by atoms with Gasteiger partial charge in [0.15, 0.2) is 24.9 Å². The Bertz CT molecular complexity index is 842. The zero-order chi connectivity index (χ0) is 20.9. The van der Waals surface area contributed by atoms with Gasteiger partial charge in [-0.3, -0.25) is 0 Å². The number of rotatable bonds is 8. The van der Waals surface area contributed by atoms with Crippen LogP contribution in [0.25, 0.3) is 0 Å². The largest absolute Gasteiger partial charge is 0.493 e. The smallest absolute Gasteiger partial charge is 0.422 e. The van der Waals surface area contributed by atoms with Gasteiger partial charge < -0.3 is 24.3 Å². The summed E-state index contributed by atoms with van der Waals surface area (Å²) in [6, 6.07) is 7.56. The molecule has 0 unspecified atom stereocenters. The summed E-state index contributed by atoms with van der Waals surface area (Å²) < 4.78 is 71.2. The third-order valence-electron chi connectivity index (χ3n) is 4.27. The molecule has 1 aliphatic heterocycles. The predicted octanol–water partition coefficient (Wildman–Crippen LogP) is 3.97. The number of benzene rings is 2. The van der Waals surface area contributed by atoms with Gasteiger partial charge in [0.1, 0.15) is 11.6 Å². The molecule has 0 aromatic heterocycles. The summed E-state index contributed by atoms with van der Waals surface area (Å²) in [7, 11) is 1.36. The summed E-state index contributed by atoms with van der Waals surface area (Å²) in [5, 5.41) is 3.22. The van der Waals surface area contributed by atoms with E-state index in [1.165, 1.54) is 25.3 Å². The first-order valence-electron chi connectivity index (χ1n) is 8.95. The zero-order valence-corrected chi connectivity index (χ0v) is 15.8. The molecular formula is C20H21F4NO4. The van der Waals surface area contributed by atoms with Crippen molar-refractivity contribution in [3.63, 3.8) is 0 Å². The van der Waals surface area contributed by atoms with E-state index in [0.717, 1.165) is 11.1 Å². The quantitative estimate of drug-likeness (QED) is 0.522. The number of methoxy groups -OCH3 is 1. The van der Waals surface area contributed by atoms with Crippen molar-refractivity contribution in [3.8, 4) is 17.2 Å². The lowest BCUT2D eigenvalue weighted by atomic mass is 10.1. The van der Waals surface area contributed by atoms with Gasteiger partial charge in [0.2, 0.25) is 0 Å². The highest BCUT2D eigenvalue weighted by Crippen LogP contribution is 2.31. The second kappa shape index (κ2) is 9.32. The van der Waals surface area contributed by atoms with E-state index in [-0.39, 0.29) is 24.1 Å². The van der Waals surface area contributed by atoms with E-state index in [1.54, 1.807) is 12.1 Å². The van der Waals surface area contributed by atoms with Gasteiger partial charge >= 0.3 is 6.18 Å². The maximum atomic E-state index is 13.8. The van der Waals surface area contributed by atoms with Crippen LogP contribution in [0.2, 0.25) is 0 Å². The lowest BCUT2D eigenvalue weighted by Gasteiger charge is -2.21. The molecule has 0 atom stereocenters. The van der Waals surface area contributed by atoms with Crippen molar-refractivity contribution in [1.29, 1.82) is 0 Å². The molecule has 0 amide bonds. The summed E-state index contributed by atoms with van der Waals surface area (Å²) >= 11 is 0. The number of ether oxygens (including phenoxy) is 4. The van der Waals surface area contributed by atoms with E-state index in [2.05, 4.69) is 5.32 Å². The molecule has 3 rings (SSSR count). The van der Waals surface area contributed by atoms with Gasteiger partial charge in [0.25, 0.3) is 0 Å². The summed E-state index contributed by atoms with van der Waals surface area (Å²) in [6.45, 7) is 0.0792. The van der Waals surface area contributed by atoms with Gasteiger partial charge in [-0.1, -0.05) is 6.07 Å². The van der Waals surface area contributed by atoms with Crippen molar-refractivity contribution in [1.82, 2.24) is 5.32 Å². The number of fused-ring (bicyclic) bond motifs is 1. The summed E-state index contributed by atoms with van der Waals surface area (Å²) in [5.74, 6) is 0.569. The summed E-state index contributed by atoms with van der Waals surface area (Å²) in [4.78, 5) is 0. The van der Waals surface area contributed by atoms with Crippen LogP contribution in [0.1, 0.15) is 16.7 Å². The molecule has 2 aromatic carbocycles. The Morgan fingerprint density at radius 1 is 1.14 bits per heavy atom. The fourth-order valence-corrected chi connectivity index (χ4v) is 3.00. The van der Waals surface area contributed by atoms with Crippen molar-refractivity contribution in [2.24, 2.45) is 0 Å². The van der Waals surface area contributed by atoms with E-state index in [1.807, 2.05) is 0 Å². The summed E-state index contributed by atoms with van der Waals surface area (Å²) in [6.07, 6.45) is -3.87. The van der Waals surface area contributed by atoms with Crippen LogP contribution in [0.5, 0.6) is 17.2 Å². The number of hydrogen-bond acceptors (Lipinski definition) is 5. The number of halogens is 4. The topological polar surface area (TPSA) is 49.0 Å². The maximum absolute atomic E-state index is 13.8. The third-order valence-corrected chi connectivity index (χ3v) is 4.27. The molecule has 0 spiro atoms. The van der Waals surface area contributed by atoms with Gasteiger partial charge in [-0.05, 0) is 48.4 Å². The standard InChI is InChI=1S/C20H21F4NO4/c1-26-18-6-13(2-3-17(18)28-11-20(22,23)24)9-25-5-4-14-7-16(21)8-15-10-27-12-29-19(14)15/h2-3,6-8,25H,4-5,9-12H2,1H3. The first-order chi connectivity index (χ1) is 13.9. The molecule has 0 radical (unpaired) electrons. The van der Waals surface area contributed by atoms with Gasteiger partial charge in [0, 0.05) is 12.1 Å². The van der Waals surface area contributed by atoms with Crippen LogP contribution in [-0.2, 0) is 24.3 Å². The van der Waals surface area contributed by atoms with Crippen LogP contribution in [0.4, 0.5) is 17.6 Å². The van der Waals surface area contributed by atoms with E-state index in [0.29, 0.717) is 37.4 Å². The van der Waals surface area contributed by atoms with Crippen LogP contribution in [-0.4, -0.2) is 33.2 Å². The fourth-order valence-electron chi connectivity index (χ4n) is 3.00. The van der Waals surface area contributed by atoms with Gasteiger partial charge in [-0.25, -0.2) is 4.39 Å². The normalized spacial score (nSPS) is 13.6. The minimum atomic E-state index is -4.42. The Morgan fingerprint density at radius 3 is 2.72 bits per heavy atom. The second-order valence-electron chi connectivity index (χ2n) is 6.48. The average molecular weight is 415 g/mol. The molecule has 0 bridgehead atoms. The Labute approximate surface area is 165 Å². The Kier molecular flexibility index (Phi) is 6.81. The predicted molar refractivity (Wildman–Crippen MR) is 96.6 cm³/mol. The van der Waals surface area contributed by atoms with E-state index >= 15 is 0 Å². The third kappa shape index (κ3) is 5.98. The molecule has 9 heteroatoms. The molecular weight excluding hydrogens is 394 g/mol. The van der Waals surface area contributed by atoms with Crippen molar-refractivity contribution in [3.05, 3.63) is 52.8 Å². The summed E-state index contributed by atoms with van der Waals surface area (Å²) in [5.41, 5.74) is 2.25. The second-order valence-corrected chi connectivity index (χ2v) is 6.48. The molecule has 2 aromatic rings. The lowest BCUT2D eigenvalue weighted by molar-refractivity contribution is -0.153. The Morgan fingerprint density at radius 2 is 1.97 bits per heavy atom. The molecule has 158 valence electrons. The first-order valence-corrected chi connectivity index (χ1v) is 8.95.